The molecule has 0 bridgehead atoms. The first-order valence-corrected chi connectivity index (χ1v) is 11.7. The number of nitrogens with zero attached hydrogens (tertiary/aromatic N) is 4. The molecule has 0 atom stereocenters. The zero-order valence-corrected chi connectivity index (χ0v) is 17.9. The van der Waals surface area contributed by atoms with Gasteiger partial charge in [0.25, 0.3) is 0 Å². The monoisotopic (exact) mass is 402 g/mol. The first kappa shape index (κ1) is 19.6. The molecular weight excluding hydrogens is 372 g/mol. The summed E-state index contributed by atoms with van der Waals surface area (Å²) in [5, 5.41) is 4.73. The molecule has 7 heteroatoms. The minimum atomic E-state index is -3.50. The lowest BCUT2D eigenvalue weighted by molar-refractivity contribution is 0.322. The van der Waals surface area contributed by atoms with Gasteiger partial charge in [0, 0.05) is 44.4 Å². The SMILES string of the molecule is CC(C)c1ccc(S(=O)(=O)N2CCc3c(c(CN4CCCC4)nn3C)C2)cc1. The van der Waals surface area contributed by atoms with Gasteiger partial charge in [-0.05, 0) is 49.5 Å². The fraction of sp³-hybridized carbons (Fsp3) is 0.571. The van der Waals surface area contributed by atoms with Gasteiger partial charge in [-0.2, -0.15) is 9.40 Å². The molecule has 0 spiro atoms. The standard InChI is InChI=1S/C21H30N4O2S/c1-16(2)17-6-8-18(9-7-17)28(26,27)25-13-10-21-19(14-25)20(22-23(21)3)15-24-11-4-5-12-24/h6-9,16H,4-5,10-15H2,1-3H3. The third-order valence-electron chi connectivity index (χ3n) is 6.05. The molecule has 1 aromatic heterocycles. The van der Waals surface area contributed by atoms with Crippen molar-refractivity contribution in [3.8, 4) is 0 Å². The van der Waals surface area contributed by atoms with Crippen LogP contribution in [0.4, 0.5) is 0 Å². The van der Waals surface area contributed by atoms with E-state index >= 15 is 0 Å². The second-order valence-electron chi connectivity index (χ2n) is 8.29. The Kier molecular flexibility index (Phi) is 5.33. The molecule has 1 aromatic carbocycles. The molecule has 2 aliphatic heterocycles. The van der Waals surface area contributed by atoms with Gasteiger partial charge in [0.15, 0.2) is 0 Å². The average Bonchev–Trinajstić information content (AvgIpc) is 3.30. The molecule has 6 nitrogen and oxygen atoms in total. The first-order chi connectivity index (χ1) is 13.4. The second-order valence-corrected chi connectivity index (χ2v) is 10.2. The highest BCUT2D eigenvalue weighted by atomic mass is 32.2. The predicted molar refractivity (Wildman–Crippen MR) is 110 cm³/mol. The van der Waals surface area contributed by atoms with Crippen molar-refractivity contribution >= 4 is 10.0 Å². The van der Waals surface area contributed by atoms with Crippen LogP contribution in [0.25, 0.3) is 0 Å². The minimum Gasteiger partial charge on any atom is -0.297 e. The molecule has 1 fully saturated rings. The Labute approximate surface area is 168 Å². The van der Waals surface area contributed by atoms with E-state index in [1.165, 1.54) is 18.5 Å². The lowest BCUT2D eigenvalue weighted by Gasteiger charge is -2.27. The number of sulfonamides is 1. The van der Waals surface area contributed by atoms with Crippen molar-refractivity contribution in [2.75, 3.05) is 19.6 Å². The van der Waals surface area contributed by atoms with E-state index in [1.54, 1.807) is 16.4 Å². The summed E-state index contributed by atoms with van der Waals surface area (Å²) in [7, 11) is -1.53. The lowest BCUT2D eigenvalue weighted by atomic mass is 10.0. The zero-order valence-electron chi connectivity index (χ0n) is 17.1. The van der Waals surface area contributed by atoms with Gasteiger partial charge in [-0.25, -0.2) is 8.42 Å². The fourth-order valence-corrected chi connectivity index (χ4v) is 5.71. The Hall–Kier alpha value is -1.70. The van der Waals surface area contributed by atoms with Crippen molar-refractivity contribution in [2.24, 2.45) is 7.05 Å². The van der Waals surface area contributed by atoms with Crippen LogP contribution in [0.15, 0.2) is 29.2 Å². The molecule has 152 valence electrons. The van der Waals surface area contributed by atoms with Crippen molar-refractivity contribution in [3.63, 3.8) is 0 Å². The molecule has 0 N–H and O–H groups in total. The molecule has 3 heterocycles. The number of benzene rings is 1. The van der Waals surface area contributed by atoms with Crippen LogP contribution in [0.3, 0.4) is 0 Å². The van der Waals surface area contributed by atoms with Gasteiger partial charge in [0.05, 0.1) is 10.6 Å². The van der Waals surface area contributed by atoms with E-state index in [0.29, 0.717) is 30.3 Å². The number of hydrogen-bond donors (Lipinski definition) is 0. The highest BCUT2D eigenvalue weighted by molar-refractivity contribution is 7.89. The summed E-state index contributed by atoms with van der Waals surface area (Å²) in [6.45, 7) is 8.18. The van der Waals surface area contributed by atoms with E-state index in [-0.39, 0.29) is 0 Å². The maximum absolute atomic E-state index is 13.2. The van der Waals surface area contributed by atoms with Crippen LogP contribution in [0.5, 0.6) is 0 Å². The molecule has 4 rings (SSSR count). The zero-order chi connectivity index (χ0) is 19.9. The predicted octanol–water partition coefficient (Wildman–Crippen LogP) is 2.89. The smallest absolute Gasteiger partial charge is 0.243 e. The molecule has 28 heavy (non-hydrogen) atoms. The average molecular weight is 403 g/mol. The second kappa shape index (κ2) is 7.61. The van der Waals surface area contributed by atoms with E-state index in [1.807, 2.05) is 23.9 Å². The van der Waals surface area contributed by atoms with E-state index in [0.717, 1.165) is 36.5 Å². The number of hydrogen-bond acceptors (Lipinski definition) is 4. The maximum atomic E-state index is 13.2. The molecule has 0 saturated carbocycles. The normalized spacial score (nSPS) is 18.7. The fourth-order valence-electron chi connectivity index (χ4n) is 4.30. The van der Waals surface area contributed by atoms with Crippen LogP contribution in [0.2, 0.25) is 0 Å². The molecule has 0 radical (unpaired) electrons. The van der Waals surface area contributed by atoms with Crippen molar-refractivity contribution < 1.29 is 8.42 Å². The molecule has 2 aromatic rings. The van der Waals surface area contributed by atoms with Crippen molar-refractivity contribution in [1.82, 2.24) is 19.0 Å². The number of aromatic nitrogens is 2. The third kappa shape index (κ3) is 3.63. The van der Waals surface area contributed by atoms with Gasteiger partial charge in [0.1, 0.15) is 0 Å². The van der Waals surface area contributed by atoms with Crippen LogP contribution >= 0.6 is 0 Å². The summed E-state index contributed by atoms with van der Waals surface area (Å²) in [4.78, 5) is 2.80. The van der Waals surface area contributed by atoms with Crippen molar-refractivity contribution in [1.29, 1.82) is 0 Å². The Morgan fingerprint density at radius 1 is 1.07 bits per heavy atom. The molecular formula is C21H30N4O2S. The summed E-state index contributed by atoms with van der Waals surface area (Å²) in [6, 6.07) is 7.34. The summed E-state index contributed by atoms with van der Waals surface area (Å²) in [6.07, 6.45) is 3.19. The third-order valence-corrected chi connectivity index (χ3v) is 7.91. The number of likely N-dealkylation sites (tertiary alicyclic amines) is 1. The van der Waals surface area contributed by atoms with E-state index < -0.39 is 10.0 Å². The Balaban J connectivity index is 1.58. The summed E-state index contributed by atoms with van der Waals surface area (Å²) in [5.41, 5.74) is 4.47. The van der Waals surface area contributed by atoms with E-state index in [4.69, 9.17) is 5.10 Å². The highest BCUT2D eigenvalue weighted by Crippen LogP contribution is 2.28. The summed E-state index contributed by atoms with van der Waals surface area (Å²) < 4.78 is 30.0. The summed E-state index contributed by atoms with van der Waals surface area (Å²) >= 11 is 0. The summed E-state index contributed by atoms with van der Waals surface area (Å²) in [5.74, 6) is 0.387. The van der Waals surface area contributed by atoms with E-state index in [9.17, 15) is 8.42 Å². The largest absolute Gasteiger partial charge is 0.297 e. The molecule has 0 amide bonds. The number of rotatable bonds is 5. The van der Waals surface area contributed by atoms with Gasteiger partial charge in [-0.1, -0.05) is 26.0 Å². The van der Waals surface area contributed by atoms with Gasteiger partial charge < -0.3 is 0 Å². The van der Waals surface area contributed by atoms with Gasteiger partial charge in [-0.3, -0.25) is 9.58 Å². The van der Waals surface area contributed by atoms with Crippen molar-refractivity contribution in [3.05, 3.63) is 46.8 Å². The maximum Gasteiger partial charge on any atom is 0.243 e. The lowest BCUT2D eigenvalue weighted by Crippen LogP contribution is -2.36. The number of aryl methyl sites for hydroxylation is 1. The Morgan fingerprint density at radius 2 is 1.75 bits per heavy atom. The van der Waals surface area contributed by atoms with Crippen LogP contribution in [-0.2, 0) is 36.6 Å². The van der Waals surface area contributed by atoms with Crippen LogP contribution in [0, 0.1) is 0 Å². The number of fused-ring (bicyclic) bond motifs is 1. The molecule has 2 aliphatic rings. The highest BCUT2D eigenvalue weighted by Gasteiger charge is 2.32. The van der Waals surface area contributed by atoms with E-state index in [2.05, 4.69) is 18.7 Å². The Bertz CT molecular complexity index is 942. The Morgan fingerprint density at radius 3 is 2.39 bits per heavy atom. The molecule has 0 unspecified atom stereocenters. The van der Waals surface area contributed by atoms with Gasteiger partial charge in [0.2, 0.25) is 10.0 Å². The van der Waals surface area contributed by atoms with Gasteiger partial charge in [-0.15, -0.1) is 0 Å². The van der Waals surface area contributed by atoms with Crippen LogP contribution in [-0.4, -0.2) is 47.0 Å². The van der Waals surface area contributed by atoms with Gasteiger partial charge >= 0.3 is 0 Å². The van der Waals surface area contributed by atoms with Crippen molar-refractivity contribution in [2.45, 2.75) is 57.0 Å². The quantitative estimate of drug-likeness (QED) is 0.772. The molecule has 0 aliphatic carbocycles. The molecule has 1 saturated heterocycles. The van der Waals surface area contributed by atoms with Crippen LogP contribution in [0.1, 0.15) is 55.1 Å². The topological polar surface area (TPSA) is 58.4 Å². The first-order valence-electron chi connectivity index (χ1n) is 10.2. The van der Waals surface area contributed by atoms with Crippen LogP contribution < -0.4 is 0 Å². The minimum absolute atomic E-state index is 0.380.